The Morgan fingerprint density at radius 1 is 0.941 bits per heavy atom. The molecule has 0 unspecified atom stereocenters. The molecule has 1 aromatic heterocycles. The number of anilines is 1. The number of aliphatic imine (C=N–C) groups is 1. The number of ether oxygens (including phenoxy) is 1. The van der Waals surface area contributed by atoms with Crippen molar-refractivity contribution in [1.82, 2.24) is 14.9 Å². The predicted molar refractivity (Wildman–Crippen MR) is 135 cm³/mol. The third kappa shape index (κ3) is 5.78. The molecule has 0 saturated carbocycles. The maximum Gasteiger partial charge on any atom is 0.410 e. The third-order valence-corrected chi connectivity index (χ3v) is 5.52. The quantitative estimate of drug-likeness (QED) is 0.510. The average Bonchev–Trinajstić information content (AvgIpc) is 2.83. The number of aromatic nitrogens is 2. The second-order valence-corrected chi connectivity index (χ2v) is 9.39. The van der Waals surface area contributed by atoms with Crippen molar-refractivity contribution in [2.45, 2.75) is 39.3 Å². The van der Waals surface area contributed by atoms with E-state index in [2.05, 4.69) is 21.8 Å². The van der Waals surface area contributed by atoms with E-state index in [9.17, 15) is 4.79 Å². The summed E-state index contributed by atoms with van der Waals surface area (Å²) >= 11 is 0. The molecule has 1 fully saturated rings. The molecule has 1 amide bonds. The van der Waals surface area contributed by atoms with Gasteiger partial charge in [-0.05, 0) is 27.7 Å². The fourth-order valence-electron chi connectivity index (χ4n) is 3.91. The minimum atomic E-state index is -0.502. The summed E-state index contributed by atoms with van der Waals surface area (Å²) < 4.78 is 5.52. The van der Waals surface area contributed by atoms with Crippen LogP contribution in [-0.4, -0.2) is 57.9 Å². The van der Waals surface area contributed by atoms with Crippen LogP contribution in [0.15, 0.2) is 78.0 Å². The van der Waals surface area contributed by atoms with E-state index >= 15 is 0 Å². The summed E-state index contributed by atoms with van der Waals surface area (Å²) in [5.74, 6) is 1.32. The molecule has 7 heteroatoms. The summed E-state index contributed by atoms with van der Waals surface area (Å²) in [6.07, 6.45) is 3.18. The Labute approximate surface area is 201 Å². The van der Waals surface area contributed by atoms with Crippen LogP contribution >= 0.6 is 0 Å². The Morgan fingerprint density at radius 2 is 1.56 bits per heavy atom. The van der Waals surface area contributed by atoms with Crippen LogP contribution in [0.4, 0.5) is 16.4 Å². The summed E-state index contributed by atoms with van der Waals surface area (Å²) in [7, 11) is 0. The van der Waals surface area contributed by atoms with Crippen LogP contribution in [0.2, 0.25) is 0 Å². The maximum atomic E-state index is 12.4. The van der Waals surface area contributed by atoms with E-state index in [0.29, 0.717) is 25.5 Å². The zero-order valence-corrected chi connectivity index (χ0v) is 20.2. The molecule has 1 aliphatic rings. The molecule has 1 atom stereocenters. The Morgan fingerprint density at radius 3 is 2.06 bits per heavy atom. The normalized spacial score (nSPS) is 16.2. The molecular formula is C27H31N5O2. The van der Waals surface area contributed by atoms with Crippen LogP contribution < -0.4 is 4.90 Å². The van der Waals surface area contributed by atoms with Gasteiger partial charge in [0.05, 0.1) is 18.1 Å². The van der Waals surface area contributed by atoms with E-state index in [4.69, 9.17) is 9.73 Å². The van der Waals surface area contributed by atoms with Crippen LogP contribution in [0.5, 0.6) is 0 Å². The largest absolute Gasteiger partial charge is 0.444 e. The molecule has 4 rings (SSSR count). The summed E-state index contributed by atoms with van der Waals surface area (Å²) in [6, 6.07) is 20.2. The lowest BCUT2D eigenvalue weighted by Gasteiger charge is -2.40. The van der Waals surface area contributed by atoms with Gasteiger partial charge in [0.2, 0.25) is 0 Å². The smallest absolute Gasteiger partial charge is 0.410 e. The molecule has 1 saturated heterocycles. The van der Waals surface area contributed by atoms with E-state index in [1.807, 2.05) is 81.4 Å². The number of hydrogen-bond donors (Lipinski definition) is 0. The van der Waals surface area contributed by atoms with Crippen LogP contribution in [-0.2, 0) is 4.74 Å². The number of piperazine rings is 1. The van der Waals surface area contributed by atoms with Crippen molar-refractivity contribution in [3.8, 4) is 0 Å². The Kier molecular flexibility index (Phi) is 6.91. The summed E-state index contributed by atoms with van der Waals surface area (Å²) in [5, 5.41) is 0. The Balaban J connectivity index is 1.51. The second-order valence-electron chi connectivity index (χ2n) is 9.39. The lowest BCUT2D eigenvalue weighted by atomic mass is 10.0. The SMILES string of the molecule is C[C@H]1CN(C(=O)OC(C)(C)C)CCN1c1cnc(N=C(c2ccccc2)c2ccccc2)cn1. The van der Waals surface area contributed by atoms with Crippen LogP contribution in [0, 0.1) is 0 Å². The first kappa shape index (κ1) is 23.4. The molecule has 2 heterocycles. The van der Waals surface area contributed by atoms with Gasteiger partial charge in [-0.1, -0.05) is 60.7 Å². The molecule has 176 valence electrons. The van der Waals surface area contributed by atoms with Gasteiger partial charge in [-0.25, -0.2) is 19.8 Å². The van der Waals surface area contributed by atoms with E-state index in [1.54, 1.807) is 17.3 Å². The standard InChI is InChI=1S/C27H31N5O2/c1-20-19-31(26(33)34-27(2,3)4)15-16-32(20)24-18-28-23(17-29-24)30-25(21-11-7-5-8-12-21)22-13-9-6-10-14-22/h5-14,17-18,20H,15-16,19H2,1-4H3/t20-/m0/s1. The summed E-state index contributed by atoms with van der Waals surface area (Å²) in [6.45, 7) is 9.53. The van der Waals surface area contributed by atoms with Gasteiger partial charge < -0.3 is 14.5 Å². The minimum Gasteiger partial charge on any atom is -0.444 e. The van der Waals surface area contributed by atoms with Gasteiger partial charge in [-0.15, -0.1) is 0 Å². The predicted octanol–water partition coefficient (Wildman–Crippen LogP) is 5.09. The zero-order chi connectivity index (χ0) is 24.1. The number of benzene rings is 2. The maximum absolute atomic E-state index is 12.4. The van der Waals surface area contributed by atoms with Gasteiger partial charge in [0, 0.05) is 36.8 Å². The Bertz CT molecular complexity index is 1080. The number of hydrogen-bond acceptors (Lipinski definition) is 6. The Hall–Kier alpha value is -3.74. The number of rotatable bonds is 4. The van der Waals surface area contributed by atoms with Crippen molar-refractivity contribution < 1.29 is 9.53 Å². The van der Waals surface area contributed by atoms with Gasteiger partial charge in [0.15, 0.2) is 5.82 Å². The fraction of sp³-hybridized carbons (Fsp3) is 0.333. The molecule has 0 spiro atoms. The molecule has 2 aromatic carbocycles. The van der Waals surface area contributed by atoms with E-state index in [-0.39, 0.29) is 12.1 Å². The summed E-state index contributed by atoms with van der Waals surface area (Å²) in [5.41, 5.74) is 2.39. The minimum absolute atomic E-state index is 0.0918. The van der Waals surface area contributed by atoms with E-state index in [1.165, 1.54) is 0 Å². The van der Waals surface area contributed by atoms with Gasteiger partial charge >= 0.3 is 6.09 Å². The zero-order valence-electron chi connectivity index (χ0n) is 20.2. The van der Waals surface area contributed by atoms with Crippen molar-refractivity contribution in [3.63, 3.8) is 0 Å². The lowest BCUT2D eigenvalue weighted by molar-refractivity contribution is 0.0218. The molecule has 3 aromatic rings. The highest BCUT2D eigenvalue weighted by molar-refractivity contribution is 6.13. The monoisotopic (exact) mass is 457 g/mol. The molecule has 1 aliphatic heterocycles. The molecular weight excluding hydrogens is 426 g/mol. The van der Waals surface area contributed by atoms with Gasteiger partial charge in [-0.2, -0.15) is 0 Å². The number of carbonyl (C=O) groups is 1. The molecule has 0 bridgehead atoms. The molecule has 0 N–H and O–H groups in total. The number of nitrogens with zero attached hydrogens (tertiary/aromatic N) is 5. The topological polar surface area (TPSA) is 70.9 Å². The fourth-order valence-corrected chi connectivity index (χ4v) is 3.91. The lowest BCUT2D eigenvalue weighted by Crippen LogP contribution is -2.54. The first-order valence-electron chi connectivity index (χ1n) is 11.6. The highest BCUT2D eigenvalue weighted by Crippen LogP contribution is 2.22. The highest BCUT2D eigenvalue weighted by atomic mass is 16.6. The van der Waals surface area contributed by atoms with E-state index < -0.39 is 5.60 Å². The molecule has 0 aliphatic carbocycles. The van der Waals surface area contributed by atoms with Crippen molar-refractivity contribution in [3.05, 3.63) is 84.2 Å². The highest BCUT2D eigenvalue weighted by Gasteiger charge is 2.30. The van der Waals surface area contributed by atoms with Crippen LogP contribution in [0.1, 0.15) is 38.8 Å². The average molecular weight is 458 g/mol. The van der Waals surface area contributed by atoms with Gasteiger partial charge in [0.25, 0.3) is 0 Å². The van der Waals surface area contributed by atoms with Crippen molar-refractivity contribution >= 4 is 23.4 Å². The second kappa shape index (κ2) is 10.0. The molecule has 34 heavy (non-hydrogen) atoms. The van der Waals surface area contributed by atoms with Crippen molar-refractivity contribution in [2.24, 2.45) is 4.99 Å². The molecule has 7 nitrogen and oxygen atoms in total. The van der Waals surface area contributed by atoms with Gasteiger partial charge in [-0.3, -0.25) is 0 Å². The van der Waals surface area contributed by atoms with Crippen molar-refractivity contribution in [2.75, 3.05) is 24.5 Å². The third-order valence-electron chi connectivity index (χ3n) is 5.52. The summed E-state index contributed by atoms with van der Waals surface area (Å²) in [4.78, 5) is 30.4. The van der Waals surface area contributed by atoms with Crippen LogP contribution in [0.25, 0.3) is 0 Å². The first-order valence-corrected chi connectivity index (χ1v) is 11.6. The van der Waals surface area contributed by atoms with Gasteiger partial charge in [0.1, 0.15) is 11.4 Å². The van der Waals surface area contributed by atoms with Crippen molar-refractivity contribution in [1.29, 1.82) is 0 Å². The first-order chi connectivity index (χ1) is 16.3. The van der Waals surface area contributed by atoms with E-state index in [0.717, 1.165) is 22.7 Å². The number of carbonyl (C=O) groups excluding carboxylic acids is 1. The number of amides is 1. The van der Waals surface area contributed by atoms with Crippen LogP contribution in [0.3, 0.4) is 0 Å². The molecule has 0 radical (unpaired) electrons.